The summed E-state index contributed by atoms with van der Waals surface area (Å²) in [5, 5.41) is 4.97. The second kappa shape index (κ2) is 14.2. The number of benzene rings is 8. The summed E-state index contributed by atoms with van der Waals surface area (Å²) >= 11 is 0. The molecule has 4 aliphatic carbocycles. The standard InChI is InChI=1S/C66H52N4/c1-65(2)51-27-15-11-23-45(51)47-33-31-43(39-53(47)65)67(41-19-7-5-8-20-41)57-35-37-59-63-61(57)49-25-13-17-29-55(49)69(63)60-38-36-58(62-50-26-14-18-30-56(50)70(59)64(60)62)68(42-21-9-6-10-22-42)44-32-34-48-46-24-12-16-28-52(46)66(3,4)54(48)40-44/h5-15,17-27,29-40,45,51H,16,28H2,1-4H3. The second-order valence-electron chi connectivity index (χ2n) is 21.2. The number of para-hydroxylation sites is 4. The van der Waals surface area contributed by atoms with Gasteiger partial charge in [0.2, 0.25) is 0 Å². The summed E-state index contributed by atoms with van der Waals surface area (Å²) in [6.45, 7) is 9.71. The van der Waals surface area contributed by atoms with Gasteiger partial charge in [-0.25, -0.2) is 0 Å². The molecule has 15 rings (SSSR count). The van der Waals surface area contributed by atoms with Gasteiger partial charge in [0.05, 0.1) is 44.5 Å². The van der Waals surface area contributed by atoms with E-state index in [1.807, 2.05) is 0 Å². The van der Waals surface area contributed by atoms with Gasteiger partial charge in [0.15, 0.2) is 0 Å². The minimum atomic E-state index is -0.0474. The predicted octanol–water partition coefficient (Wildman–Crippen LogP) is 17.7. The van der Waals surface area contributed by atoms with E-state index in [1.54, 1.807) is 5.57 Å². The minimum absolute atomic E-state index is 0.0133. The van der Waals surface area contributed by atoms with Crippen molar-refractivity contribution in [2.45, 2.75) is 57.3 Å². The van der Waals surface area contributed by atoms with E-state index in [-0.39, 0.29) is 10.8 Å². The van der Waals surface area contributed by atoms with Crippen molar-refractivity contribution in [3.05, 3.63) is 234 Å². The molecule has 2 atom stereocenters. The maximum Gasteiger partial charge on any atom is 0.0804 e. The van der Waals surface area contributed by atoms with Crippen LogP contribution in [0.3, 0.4) is 0 Å². The van der Waals surface area contributed by atoms with Crippen LogP contribution in [-0.4, -0.2) is 8.80 Å². The first-order chi connectivity index (χ1) is 34.3. The Bertz CT molecular complexity index is 4130. The maximum absolute atomic E-state index is 2.57. The zero-order chi connectivity index (χ0) is 46.6. The Hall–Kier alpha value is -8.08. The maximum atomic E-state index is 2.57. The lowest BCUT2D eigenvalue weighted by atomic mass is 9.74. The Kier molecular flexibility index (Phi) is 8.11. The molecule has 3 heterocycles. The number of anilines is 6. The fourth-order valence-electron chi connectivity index (χ4n) is 13.8. The largest absolute Gasteiger partial charge is 0.310 e. The van der Waals surface area contributed by atoms with Gasteiger partial charge < -0.3 is 18.6 Å². The highest BCUT2D eigenvalue weighted by Crippen LogP contribution is 2.56. The summed E-state index contributed by atoms with van der Waals surface area (Å²) in [4.78, 5) is 5.03. The van der Waals surface area contributed by atoms with Gasteiger partial charge in [0.25, 0.3) is 0 Å². The molecular weight excluding hydrogens is 849 g/mol. The highest BCUT2D eigenvalue weighted by atomic mass is 15.2. The average Bonchev–Trinajstić information content (AvgIpc) is 4.08. The molecule has 8 aromatic carbocycles. The fraction of sp³-hybridized carbons (Fsp3) is 0.152. The van der Waals surface area contributed by atoms with Crippen molar-refractivity contribution in [1.29, 1.82) is 0 Å². The summed E-state index contributed by atoms with van der Waals surface area (Å²) in [5.41, 5.74) is 22.8. The fourth-order valence-corrected chi connectivity index (χ4v) is 13.8. The van der Waals surface area contributed by atoms with Crippen LogP contribution >= 0.6 is 0 Å². The van der Waals surface area contributed by atoms with Gasteiger partial charge in [-0.3, -0.25) is 0 Å². The Labute approximate surface area is 408 Å². The average molecular weight is 901 g/mol. The van der Waals surface area contributed by atoms with Crippen LogP contribution in [0.5, 0.6) is 0 Å². The van der Waals surface area contributed by atoms with E-state index in [0.29, 0.717) is 11.8 Å². The van der Waals surface area contributed by atoms with Gasteiger partial charge in [-0.2, -0.15) is 0 Å². The molecule has 0 radical (unpaired) electrons. The molecule has 70 heavy (non-hydrogen) atoms. The lowest BCUT2D eigenvalue weighted by Crippen LogP contribution is -2.24. The first-order valence-corrected chi connectivity index (χ1v) is 25.2. The van der Waals surface area contributed by atoms with Gasteiger partial charge in [0.1, 0.15) is 0 Å². The zero-order valence-corrected chi connectivity index (χ0v) is 40.0. The summed E-state index contributed by atoms with van der Waals surface area (Å²) in [7, 11) is 0. The van der Waals surface area contributed by atoms with Crippen LogP contribution in [0.1, 0.15) is 68.7 Å². The third-order valence-electron chi connectivity index (χ3n) is 17.0. The summed E-state index contributed by atoms with van der Waals surface area (Å²) in [6, 6.07) is 64.2. The number of hydrogen-bond donors (Lipinski definition) is 0. The Morgan fingerprint density at radius 1 is 0.500 bits per heavy atom. The van der Waals surface area contributed by atoms with Gasteiger partial charge in [-0.15, -0.1) is 0 Å². The van der Waals surface area contributed by atoms with Crippen molar-refractivity contribution in [2.24, 2.45) is 5.92 Å². The van der Waals surface area contributed by atoms with Crippen LogP contribution in [0.25, 0.3) is 60.2 Å². The zero-order valence-electron chi connectivity index (χ0n) is 40.0. The van der Waals surface area contributed by atoms with Crippen LogP contribution < -0.4 is 9.80 Å². The predicted molar refractivity (Wildman–Crippen MR) is 295 cm³/mol. The molecule has 0 saturated heterocycles. The lowest BCUT2D eigenvalue weighted by Gasteiger charge is -2.31. The molecule has 0 bridgehead atoms. The molecule has 336 valence electrons. The topological polar surface area (TPSA) is 15.3 Å². The van der Waals surface area contributed by atoms with E-state index in [9.17, 15) is 0 Å². The molecule has 0 spiro atoms. The number of nitrogens with zero attached hydrogens (tertiary/aromatic N) is 4. The molecule has 3 aromatic heterocycles. The molecule has 11 aromatic rings. The normalized spacial score (nSPS) is 18.5. The van der Waals surface area contributed by atoms with Crippen LogP contribution in [0, 0.1) is 5.92 Å². The van der Waals surface area contributed by atoms with Gasteiger partial charge in [-0.05, 0) is 137 Å². The Morgan fingerprint density at radius 3 is 1.66 bits per heavy atom. The van der Waals surface area contributed by atoms with Crippen LogP contribution in [0.15, 0.2) is 212 Å². The summed E-state index contributed by atoms with van der Waals surface area (Å²) in [5.74, 6) is 0.828. The number of hydrogen-bond acceptors (Lipinski definition) is 2. The van der Waals surface area contributed by atoms with E-state index in [4.69, 9.17) is 0 Å². The van der Waals surface area contributed by atoms with Crippen molar-refractivity contribution in [2.75, 3.05) is 9.80 Å². The summed E-state index contributed by atoms with van der Waals surface area (Å²) < 4.78 is 5.14. The Morgan fingerprint density at radius 2 is 1.04 bits per heavy atom. The van der Waals surface area contributed by atoms with Crippen molar-refractivity contribution in [3.63, 3.8) is 0 Å². The number of fused-ring (bicyclic) bond motifs is 13. The van der Waals surface area contributed by atoms with E-state index < -0.39 is 0 Å². The molecule has 0 aliphatic heterocycles. The van der Waals surface area contributed by atoms with Crippen molar-refractivity contribution in [3.8, 4) is 0 Å². The molecule has 4 aliphatic rings. The van der Waals surface area contributed by atoms with E-state index in [0.717, 1.165) is 24.2 Å². The molecule has 0 saturated carbocycles. The molecule has 4 heteroatoms. The quantitative estimate of drug-likeness (QED) is 0.155. The minimum Gasteiger partial charge on any atom is -0.310 e. The smallest absolute Gasteiger partial charge is 0.0804 e. The van der Waals surface area contributed by atoms with Crippen molar-refractivity contribution >= 4 is 94.3 Å². The summed E-state index contributed by atoms with van der Waals surface area (Å²) in [6.07, 6.45) is 16.2. The van der Waals surface area contributed by atoms with Crippen LogP contribution in [0.4, 0.5) is 34.1 Å². The molecule has 4 nitrogen and oxygen atoms in total. The van der Waals surface area contributed by atoms with E-state index in [2.05, 4.69) is 253 Å². The van der Waals surface area contributed by atoms with Crippen LogP contribution in [-0.2, 0) is 10.8 Å². The number of aromatic nitrogens is 2. The second-order valence-corrected chi connectivity index (χ2v) is 21.2. The van der Waals surface area contributed by atoms with Crippen molar-refractivity contribution < 1.29 is 0 Å². The molecule has 0 fully saturated rings. The molecular formula is C66H52N4. The third kappa shape index (κ3) is 5.20. The highest BCUT2D eigenvalue weighted by Gasteiger charge is 2.45. The SMILES string of the molecule is CC1(C)C2=C(C=CCC2)c2ccc(N(c3ccccc3)c3ccc4c5c3c3ccccc3n5c3ccc(N(c5ccccc5)c5ccc6c(c5)C(C)(C)C5C=CC=CC65)c5c6ccccc6n4c53)cc21. The monoisotopic (exact) mass is 900 g/mol. The van der Waals surface area contributed by atoms with E-state index >= 15 is 0 Å². The lowest BCUT2D eigenvalue weighted by molar-refractivity contribution is 0.394. The van der Waals surface area contributed by atoms with Crippen LogP contribution in [0.2, 0.25) is 0 Å². The highest BCUT2D eigenvalue weighted by molar-refractivity contribution is 6.27. The van der Waals surface area contributed by atoms with Gasteiger partial charge >= 0.3 is 0 Å². The Balaban J connectivity index is 1.01. The number of allylic oxidation sites excluding steroid dienone is 8. The van der Waals surface area contributed by atoms with Gasteiger partial charge in [0, 0.05) is 55.6 Å². The third-order valence-corrected chi connectivity index (χ3v) is 17.0. The molecule has 0 amide bonds. The van der Waals surface area contributed by atoms with Gasteiger partial charge in [-0.1, -0.05) is 155 Å². The number of rotatable bonds is 6. The first-order valence-electron chi connectivity index (χ1n) is 25.2. The molecule has 2 unspecified atom stereocenters. The van der Waals surface area contributed by atoms with E-state index in [1.165, 1.54) is 105 Å². The van der Waals surface area contributed by atoms with Crippen molar-refractivity contribution in [1.82, 2.24) is 8.80 Å². The first kappa shape index (κ1) is 39.9. The molecule has 0 N–H and O–H groups in total.